The van der Waals surface area contributed by atoms with Gasteiger partial charge in [-0.2, -0.15) is 5.26 Å². The minimum absolute atomic E-state index is 0.210. The van der Waals surface area contributed by atoms with Crippen LogP contribution in [0.3, 0.4) is 0 Å². The molecule has 1 amide bonds. The van der Waals surface area contributed by atoms with Gasteiger partial charge in [0.2, 0.25) is 0 Å². The van der Waals surface area contributed by atoms with E-state index >= 15 is 0 Å². The largest absolute Gasteiger partial charge is 0.480 e. The molecule has 0 saturated heterocycles. The molecule has 0 bridgehead atoms. The second-order valence-electron chi connectivity index (χ2n) is 4.15. The fourth-order valence-electron chi connectivity index (χ4n) is 1.66. The fourth-order valence-corrected chi connectivity index (χ4v) is 1.66. The van der Waals surface area contributed by atoms with Crippen LogP contribution in [0.5, 0.6) is 0 Å². The summed E-state index contributed by atoms with van der Waals surface area (Å²) in [6, 6.07) is 8.58. The average Bonchev–Trinajstić information content (AvgIpc) is 2.43. The number of nitriles is 1. The highest BCUT2D eigenvalue weighted by Gasteiger charge is 2.18. The Labute approximate surface area is 117 Å². The third-order valence-electron chi connectivity index (χ3n) is 2.66. The van der Waals surface area contributed by atoms with Gasteiger partial charge in [-0.05, 0) is 17.7 Å². The van der Waals surface area contributed by atoms with Gasteiger partial charge in [0.15, 0.2) is 0 Å². The Kier molecular flexibility index (Phi) is 6.20. The molecule has 0 heterocycles. The number of ether oxygens (including phenoxy) is 1. The third kappa shape index (κ3) is 4.71. The third-order valence-corrected chi connectivity index (χ3v) is 2.66. The minimum Gasteiger partial charge on any atom is -0.480 e. The van der Waals surface area contributed by atoms with Gasteiger partial charge in [-0.25, -0.2) is 0 Å². The molecular formula is C14H16N2O4. The zero-order chi connectivity index (χ0) is 15.0. The first-order valence-corrected chi connectivity index (χ1v) is 6.04. The lowest BCUT2D eigenvalue weighted by atomic mass is 10.1. The maximum Gasteiger partial charge on any atom is 0.323 e. The van der Waals surface area contributed by atoms with E-state index < -0.39 is 5.97 Å². The topological polar surface area (TPSA) is 90.6 Å². The Morgan fingerprint density at radius 3 is 2.50 bits per heavy atom. The summed E-state index contributed by atoms with van der Waals surface area (Å²) in [6.45, 7) is 0.106. The molecule has 0 aliphatic carbocycles. The van der Waals surface area contributed by atoms with Gasteiger partial charge < -0.3 is 14.7 Å². The number of carboxylic acids is 1. The lowest BCUT2D eigenvalue weighted by Gasteiger charge is -2.20. The van der Waals surface area contributed by atoms with Crippen LogP contribution in [-0.4, -0.2) is 48.7 Å². The van der Waals surface area contributed by atoms with Gasteiger partial charge in [0, 0.05) is 19.2 Å². The lowest BCUT2D eigenvalue weighted by Crippen LogP contribution is -2.38. The second-order valence-corrected chi connectivity index (χ2v) is 4.15. The summed E-state index contributed by atoms with van der Waals surface area (Å²) in [5.41, 5.74) is 1.20. The zero-order valence-corrected chi connectivity index (χ0v) is 11.2. The van der Waals surface area contributed by atoms with E-state index in [2.05, 4.69) is 0 Å². The Balaban J connectivity index is 2.82. The molecule has 20 heavy (non-hydrogen) atoms. The van der Waals surface area contributed by atoms with E-state index in [9.17, 15) is 9.59 Å². The van der Waals surface area contributed by atoms with Crippen molar-refractivity contribution in [1.82, 2.24) is 4.90 Å². The Morgan fingerprint density at radius 1 is 1.35 bits per heavy atom. The highest BCUT2D eigenvalue weighted by Crippen LogP contribution is 2.08. The first-order valence-electron chi connectivity index (χ1n) is 6.04. The number of nitrogens with zero attached hydrogens (tertiary/aromatic N) is 2. The van der Waals surface area contributed by atoms with Gasteiger partial charge in [0.1, 0.15) is 6.54 Å². The second kappa shape index (κ2) is 7.92. The van der Waals surface area contributed by atoms with Crippen molar-refractivity contribution in [2.75, 3.05) is 26.8 Å². The van der Waals surface area contributed by atoms with Gasteiger partial charge in [0.05, 0.1) is 19.1 Å². The number of hydrogen-bond acceptors (Lipinski definition) is 4. The average molecular weight is 276 g/mol. The molecule has 1 aromatic carbocycles. The maximum atomic E-state index is 12.2. The van der Waals surface area contributed by atoms with Crippen molar-refractivity contribution >= 4 is 11.9 Å². The molecule has 0 radical (unpaired) electrons. The number of carboxylic acid groups (broad SMARTS) is 1. The zero-order valence-electron chi connectivity index (χ0n) is 11.2. The van der Waals surface area contributed by atoms with Crippen LogP contribution in [0.1, 0.15) is 15.9 Å². The van der Waals surface area contributed by atoms with Crippen molar-refractivity contribution < 1.29 is 19.4 Å². The first kappa shape index (κ1) is 15.7. The van der Waals surface area contributed by atoms with Gasteiger partial charge >= 0.3 is 5.97 Å². The molecule has 0 aliphatic rings. The van der Waals surface area contributed by atoms with Crippen LogP contribution in [0.15, 0.2) is 24.3 Å². The molecule has 0 aromatic heterocycles. The SMILES string of the molecule is COCCN(CC(=O)O)C(=O)c1ccc(CC#N)cc1. The highest BCUT2D eigenvalue weighted by molar-refractivity contribution is 5.95. The first-order chi connectivity index (χ1) is 9.58. The van der Waals surface area contributed by atoms with E-state index in [-0.39, 0.29) is 32.0 Å². The van der Waals surface area contributed by atoms with Crippen molar-refractivity contribution in [3.63, 3.8) is 0 Å². The van der Waals surface area contributed by atoms with Crippen LogP contribution in [0, 0.1) is 11.3 Å². The van der Waals surface area contributed by atoms with Crippen LogP contribution in [0.2, 0.25) is 0 Å². The van der Waals surface area contributed by atoms with Crippen LogP contribution >= 0.6 is 0 Å². The summed E-state index contributed by atoms with van der Waals surface area (Å²) >= 11 is 0. The van der Waals surface area contributed by atoms with Crippen molar-refractivity contribution in [2.45, 2.75) is 6.42 Å². The molecule has 1 N–H and O–H groups in total. The van der Waals surface area contributed by atoms with Crippen LogP contribution < -0.4 is 0 Å². The van der Waals surface area contributed by atoms with Gasteiger partial charge in [-0.15, -0.1) is 0 Å². The summed E-state index contributed by atoms with van der Waals surface area (Å²) < 4.78 is 4.87. The van der Waals surface area contributed by atoms with E-state index in [4.69, 9.17) is 15.1 Å². The molecule has 0 unspecified atom stereocenters. The minimum atomic E-state index is -1.07. The molecule has 0 fully saturated rings. The normalized spacial score (nSPS) is 9.80. The molecular weight excluding hydrogens is 260 g/mol. The van der Waals surface area contributed by atoms with E-state index in [1.165, 1.54) is 12.0 Å². The fraction of sp³-hybridized carbons (Fsp3) is 0.357. The number of amides is 1. The maximum absolute atomic E-state index is 12.2. The smallest absolute Gasteiger partial charge is 0.323 e. The van der Waals surface area contributed by atoms with Crippen LogP contribution in [-0.2, 0) is 16.0 Å². The number of benzene rings is 1. The molecule has 0 saturated carbocycles. The van der Waals surface area contributed by atoms with E-state index in [0.29, 0.717) is 5.56 Å². The summed E-state index contributed by atoms with van der Waals surface area (Å²) in [5, 5.41) is 17.4. The molecule has 1 aromatic rings. The van der Waals surface area contributed by atoms with Gasteiger partial charge in [-0.1, -0.05) is 12.1 Å². The molecule has 0 atom stereocenters. The van der Waals surface area contributed by atoms with Gasteiger partial charge in [0.25, 0.3) is 5.91 Å². The van der Waals surface area contributed by atoms with Crippen LogP contribution in [0.25, 0.3) is 0 Å². The number of carbonyl (C=O) groups is 2. The summed E-state index contributed by atoms with van der Waals surface area (Å²) in [6.07, 6.45) is 0.275. The van der Waals surface area contributed by atoms with Crippen molar-refractivity contribution in [3.05, 3.63) is 35.4 Å². The van der Waals surface area contributed by atoms with E-state index in [0.717, 1.165) is 5.56 Å². The van der Waals surface area contributed by atoms with E-state index in [1.807, 2.05) is 6.07 Å². The number of aliphatic carboxylic acids is 1. The molecule has 0 spiro atoms. The number of hydrogen-bond donors (Lipinski definition) is 1. The predicted octanol–water partition coefficient (Wildman–Crippen LogP) is 0.926. The summed E-state index contributed by atoms with van der Waals surface area (Å²) in [7, 11) is 1.49. The predicted molar refractivity (Wildman–Crippen MR) is 71.2 cm³/mol. The van der Waals surface area contributed by atoms with Crippen molar-refractivity contribution in [2.24, 2.45) is 0 Å². The molecule has 6 nitrogen and oxygen atoms in total. The number of carbonyl (C=O) groups excluding carboxylic acids is 1. The Morgan fingerprint density at radius 2 is 2.00 bits per heavy atom. The Bertz CT molecular complexity index is 505. The van der Waals surface area contributed by atoms with Crippen molar-refractivity contribution in [1.29, 1.82) is 5.26 Å². The molecule has 1 rings (SSSR count). The monoisotopic (exact) mass is 276 g/mol. The van der Waals surface area contributed by atoms with Gasteiger partial charge in [-0.3, -0.25) is 9.59 Å². The number of methoxy groups -OCH3 is 1. The summed E-state index contributed by atoms with van der Waals surface area (Å²) in [4.78, 5) is 24.2. The van der Waals surface area contributed by atoms with Crippen molar-refractivity contribution in [3.8, 4) is 6.07 Å². The van der Waals surface area contributed by atoms with E-state index in [1.54, 1.807) is 24.3 Å². The molecule has 6 heteroatoms. The highest BCUT2D eigenvalue weighted by atomic mass is 16.5. The molecule has 106 valence electrons. The standard InChI is InChI=1S/C14H16N2O4/c1-20-9-8-16(10-13(17)18)14(19)12-4-2-11(3-5-12)6-7-15/h2-5H,6,8-10H2,1H3,(H,17,18). The summed E-state index contributed by atoms with van der Waals surface area (Å²) in [5.74, 6) is -1.44. The number of rotatable bonds is 7. The lowest BCUT2D eigenvalue weighted by molar-refractivity contribution is -0.137. The molecule has 0 aliphatic heterocycles. The Hall–Kier alpha value is -2.39. The quantitative estimate of drug-likeness (QED) is 0.799. The van der Waals surface area contributed by atoms with Crippen LogP contribution in [0.4, 0.5) is 0 Å².